The Balaban J connectivity index is 1.39. The lowest BCUT2D eigenvalue weighted by Gasteiger charge is -2.31. The van der Waals surface area contributed by atoms with E-state index in [9.17, 15) is 9.90 Å². The van der Waals surface area contributed by atoms with Crippen molar-refractivity contribution in [1.82, 2.24) is 25.6 Å². The lowest BCUT2D eigenvalue weighted by Crippen LogP contribution is -2.58. The molecule has 2 aromatic carbocycles. The maximum absolute atomic E-state index is 13.7. The highest BCUT2D eigenvalue weighted by molar-refractivity contribution is 5.89. The van der Waals surface area contributed by atoms with Crippen LogP contribution in [-0.4, -0.2) is 44.2 Å². The van der Waals surface area contributed by atoms with Gasteiger partial charge in [0, 0.05) is 47.2 Å². The maximum Gasteiger partial charge on any atom is 0.240 e. The number of amides is 1. The predicted octanol–water partition coefficient (Wildman–Crippen LogP) is 3.45. The van der Waals surface area contributed by atoms with E-state index < -0.39 is 11.6 Å². The highest BCUT2D eigenvalue weighted by Gasteiger charge is 2.35. The van der Waals surface area contributed by atoms with Crippen LogP contribution in [-0.2, 0) is 24.2 Å². The van der Waals surface area contributed by atoms with Crippen molar-refractivity contribution in [2.24, 2.45) is 0 Å². The molecule has 0 aliphatic heterocycles. The SMILES string of the molecule is CC(Cc1c[nH]c2ccccc12)(NCc1cc2ccccc2o1)C(=O)NC(CO)Cc1cnc[nH]1. The molecular weight excluding hydrogens is 442 g/mol. The summed E-state index contributed by atoms with van der Waals surface area (Å²) in [7, 11) is 0. The zero-order valence-corrected chi connectivity index (χ0v) is 19.5. The van der Waals surface area contributed by atoms with E-state index in [4.69, 9.17) is 4.42 Å². The number of nitrogens with one attached hydrogen (secondary N) is 4. The van der Waals surface area contributed by atoms with E-state index in [-0.39, 0.29) is 12.5 Å². The van der Waals surface area contributed by atoms with E-state index in [0.717, 1.165) is 38.9 Å². The minimum atomic E-state index is -0.967. The number of nitrogens with zero attached hydrogens (tertiary/aromatic N) is 1. The molecule has 2 unspecified atom stereocenters. The molecule has 5 N–H and O–H groups in total. The van der Waals surface area contributed by atoms with Gasteiger partial charge in [0.2, 0.25) is 5.91 Å². The second-order valence-electron chi connectivity index (χ2n) is 9.11. The van der Waals surface area contributed by atoms with Crippen molar-refractivity contribution in [3.63, 3.8) is 0 Å². The Hall–Kier alpha value is -3.88. The van der Waals surface area contributed by atoms with E-state index in [1.165, 1.54) is 0 Å². The lowest BCUT2D eigenvalue weighted by atomic mass is 9.90. The molecule has 35 heavy (non-hydrogen) atoms. The summed E-state index contributed by atoms with van der Waals surface area (Å²) in [6.07, 6.45) is 6.13. The summed E-state index contributed by atoms with van der Waals surface area (Å²) in [5, 5.41) is 18.5. The number of rotatable bonds is 10. The van der Waals surface area contributed by atoms with Crippen molar-refractivity contribution < 1.29 is 14.3 Å². The molecule has 5 rings (SSSR count). The van der Waals surface area contributed by atoms with Gasteiger partial charge in [0.25, 0.3) is 0 Å². The van der Waals surface area contributed by atoms with Crippen LogP contribution in [0.15, 0.2) is 77.7 Å². The number of aromatic amines is 2. The number of carbonyl (C=O) groups is 1. The van der Waals surface area contributed by atoms with Crippen molar-refractivity contribution >= 4 is 27.8 Å². The van der Waals surface area contributed by atoms with E-state index >= 15 is 0 Å². The Morgan fingerprint density at radius 3 is 2.80 bits per heavy atom. The van der Waals surface area contributed by atoms with Crippen molar-refractivity contribution in [2.75, 3.05) is 6.61 Å². The molecule has 8 heteroatoms. The Morgan fingerprint density at radius 2 is 2.00 bits per heavy atom. The molecule has 0 saturated heterocycles. The van der Waals surface area contributed by atoms with Crippen LogP contribution in [0.3, 0.4) is 0 Å². The van der Waals surface area contributed by atoms with Crippen LogP contribution in [0.4, 0.5) is 0 Å². The molecule has 0 spiro atoms. The van der Waals surface area contributed by atoms with Crippen molar-refractivity contribution in [3.05, 3.63) is 90.3 Å². The topological polar surface area (TPSA) is 119 Å². The van der Waals surface area contributed by atoms with Gasteiger partial charge in [-0.15, -0.1) is 0 Å². The summed E-state index contributed by atoms with van der Waals surface area (Å²) in [6, 6.07) is 17.4. The number of imidazole rings is 1. The monoisotopic (exact) mass is 471 g/mol. The first kappa shape index (κ1) is 22.9. The van der Waals surface area contributed by atoms with E-state index in [1.54, 1.807) is 12.5 Å². The third kappa shape index (κ3) is 4.99. The maximum atomic E-state index is 13.7. The Bertz CT molecular complexity index is 1390. The minimum absolute atomic E-state index is 0.183. The first-order chi connectivity index (χ1) is 17.0. The van der Waals surface area contributed by atoms with Crippen LogP contribution < -0.4 is 10.6 Å². The molecular formula is C27H29N5O3. The number of hydrogen-bond donors (Lipinski definition) is 5. The fourth-order valence-electron chi connectivity index (χ4n) is 4.46. The molecule has 0 radical (unpaired) electrons. The number of H-pyrrole nitrogens is 2. The van der Waals surface area contributed by atoms with Crippen LogP contribution >= 0.6 is 0 Å². The van der Waals surface area contributed by atoms with Crippen LogP contribution in [0.25, 0.3) is 21.9 Å². The third-order valence-electron chi connectivity index (χ3n) is 6.43. The highest BCUT2D eigenvalue weighted by atomic mass is 16.3. The van der Waals surface area contributed by atoms with Gasteiger partial charge in [-0.25, -0.2) is 4.98 Å². The van der Waals surface area contributed by atoms with Crippen LogP contribution in [0.2, 0.25) is 0 Å². The number of hydrogen-bond acceptors (Lipinski definition) is 5. The smallest absolute Gasteiger partial charge is 0.240 e. The summed E-state index contributed by atoms with van der Waals surface area (Å²) >= 11 is 0. The molecule has 3 aromatic heterocycles. The van der Waals surface area contributed by atoms with Gasteiger partial charge in [-0.3, -0.25) is 10.1 Å². The number of aliphatic hydroxyl groups is 1. The Kier molecular flexibility index (Phi) is 6.39. The molecule has 0 aliphatic carbocycles. The lowest BCUT2D eigenvalue weighted by molar-refractivity contribution is -0.128. The third-order valence-corrected chi connectivity index (χ3v) is 6.43. The quantitative estimate of drug-likeness (QED) is 0.214. The summed E-state index contributed by atoms with van der Waals surface area (Å²) in [5.74, 6) is 0.553. The fourth-order valence-corrected chi connectivity index (χ4v) is 4.46. The molecule has 8 nitrogen and oxygen atoms in total. The molecule has 3 heterocycles. The molecule has 0 aliphatic rings. The summed E-state index contributed by atoms with van der Waals surface area (Å²) in [5.41, 5.74) is 2.75. The first-order valence-corrected chi connectivity index (χ1v) is 11.7. The zero-order valence-electron chi connectivity index (χ0n) is 19.5. The van der Waals surface area contributed by atoms with Crippen molar-refractivity contribution in [1.29, 1.82) is 0 Å². The minimum Gasteiger partial charge on any atom is -0.460 e. The summed E-state index contributed by atoms with van der Waals surface area (Å²) in [6.45, 7) is 2.08. The first-order valence-electron chi connectivity index (χ1n) is 11.7. The molecule has 0 bridgehead atoms. The second-order valence-corrected chi connectivity index (χ2v) is 9.11. The standard InChI is InChI=1S/C27H29N5O3/c1-27(12-19-13-29-24-8-4-3-7-23(19)24,26(34)32-21(16-33)11-20-14-28-17-30-20)31-15-22-10-18-6-2-5-9-25(18)35-22/h2-10,13-14,17,21,29,31,33H,11-12,15-16H2,1H3,(H,28,30)(H,32,34). The number of fused-ring (bicyclic) bond motifs is 2. The molecule has 0 fully saturated rings. The van der Waals surface area contributed by atoms with Gasteiger partial charge in [0.05, 0.1) is 31.1 Å². The summed E-state index contributed by atoms with van der Waals surface area (Å²) < 4.78 is 5.97. The Morgan fingerprint density at radius 1 is 1.17 bits per heavy atom. The number of aromatic nitrogens is 3. The van der Waals surface area contributed by atoms with Crippen LogP contribution in [0.1, 0.15) is 23.9 Å². The van der Waals surface area contributed by atoms with Gasteiger partial charge in [-0.05, 0) is 30.7 Å². The molecule has 2 atom stereocenters. The molecule has 0 saturated carbocycles. The van der Waals surface area contributed by atoms with Crippen LogP contribution in [0.5, 0.6) is 0 Å². The largest absolute Gasteiger partial charge is 0.460 e. The predicted molar refractivity (Wildman–Crippen MR) is 135 cm³/mol. The van der Waals surface area contributed by atoms with Gasteiger partial charge in [-0.2, -0.15) is 0 Å². The van der Waals surface area contributed by atoms with Crippen molar-refractivity contribution in [3.8, 4) is 0 Å². The van der Waals surface area contributed by atoms with Gasteiger partial charge in [-0.1, -0.05) is 36.4 Å². The van der Waals surface area contributed by atoms with Crippen LogP contribution in [0, 0.1) is 0 Å². The fraction of sp³-hybridized carbons (Fsp3) is 0.259. The Labute approximate surface area is 202 Å². The van der Waals surface area contributed by atoms with E-state index in [0.29, 0.717) is 19.4 Å². The van der Waals surface area contributed by atoms with Crippen molar-refractivity contribution in [2.45, 2.75) is 37.9 Å². The second kappa shape index (κ2) is 9.77. The van der Waals surface area contributed by atoms with Gasteiger partial charge >= 0.3 is 0 Å². The highest BCUT2D eigenvalue weighted by Crippen LogP contribution is 2.24. The van der Waals surface area contributed by atoms with E-state index in [2.05, 4.69) is 25.6 Å². The normalized spacial score (nSPS) is 14.2. The average molecular weight is 472 g/mol. The molecule has 1 amide bonds. The average Bonchev–Trinajstić information content (AvgIpc) is 3.62. The molecule has 180 valence electrons. The van der Waals surface area contributed by atoms with Gasteiger partial charge in [0.15, 0.2) is 0 Å². The van der Waals surface area contributed by atoms with Gasteiger partial charge in [0.1, 0.15) is 11.3 Å². The number of para-hydroxylation sites is 2. The zero-order chi connectivity index (χ0) is 24.3. The number of furan rings is 1. The van der Waals surface area contributed by atoms with E-state index in [1.807, 2.05) is 67.7 Å². The number of aliphatic hydroxyl groups excluding tert-OH is 1. The molecule has 5 aromatic rings. The number of benzene rings is 2. The van der Waals surface area contributed by atoms with Gasteiger partial charge < -0.3 is 24.8 Å². The number of carbonyl (C=O) groups excluding carboxylic acids is 1. The summed E-state index contributed by atoms with van der Waals surface area (Å²) in [4.78, 5) is 24.0.